The lowest BCUT2D eigenvalue weighted by Crippen LogP contribution is -2.31. The maximum absolute atomic E-state index is 6.55. The van der Waals surface area contributed by atoms with E-state index in [2.05, 4.69) is 94.8 Å². The predicted octanol–water partition coefficient (Wildman–Crippen LogP) is 7.84. The van der Waals surface area contributed by atoms with Gasteiger partial charge in [-0.05, 0) is 70.3 Å². The molecule has 1 atom stereocenters. The molecule has 0 bridgehead atoms. The number of hydrogen-bond acceptors (Lipinski definition) is 2. The molecule has 5 aromatic rings. The summed E-state index contributed by atoms with van der Waals surface area (Å²) >= 11 is 6.55. The summed E-state index contributed by atoms with van der Waals surface area (Å²) in [7, 11) is 1.72. The lowest BCUT2D eigenvalue weighted by molar-refractivity contribution is 0.415. The summed E-state index contributed by atoms with van der Waals surface area (Å²) in [6.45, 7) is 0. The number of rotatable bonds is 2. The largest absolute Gasteiger partial charge is 0.497 e. The molecule has 1 aromatic heterocycles. The van der Waals surface area contributed by atoms with E-state index in [1.54, 1.807) is 7.11 Å². The van der Waals surface area contributed by atoms with E-state index in [1.807, 2.05) is 12.1 Å². The van der Waals surface area contributed by atoms with Gasteiger partial charge in [0.2, 0.25) is 0 Å². The number of nitrogens with one attached hydrogen (secondary N) is 1. The molecule has 1 unspecified atom stereocenters. The summed E-state index contributed by atoms with van der Waals surface area (Å²) in [4.78, 5) is 6.30. The van der Waals surface area contributed by atoms with E-state index in [1.165, 1.54) is 50.3 Å². The Morgan fingerprint density at radius 3 is 2.60 bits per heavy atom. The molecule has 7 rings (SSSR count). The molecule has 0 saturated heterocycles. The van der Waals surface area contributed by atoms with Crippen LogP contribution in [0.1, 0.15) is 39.6 Å². The molecule has 0 amide bonds. The van der Waals surface area contributed by atoms with Gasteiger partial charge in [0.15, 0.2) is 0 Å². The predicted molar refractivity (Wildman–Crippen MR) is 144 cm³/mol. The van der Waals surface area contributed by atoms with Gasteiger partial charge in [0.1, 0.15) is 11.8 Å². The molecule has 3 heterocycles. The highest BCUT2D eigenvalue weighted by Gasteiger charge is 2.37. The van der Waals surface area contributed by atoms with Crippen molar-refractivity contribution >= 4 is 40.0 Å². The van der Waals surface area contributed by atoms with Gasteiger partial charge in [0, 0.05) is 39.4 Å². The number of H-pyrrole nitrogens is 1. The Morgan fingerprint density at radius 2 is 1.74 bits per heavy atom. The van der Waals surface area contributed by atoms with Gasteiger partial charge in [-0.25, -0.2) is 0 Å². The van der Waals surface area contributed by atoms with Crippen LogP contribution in [-0.4, -0.2) is 12.1 Å². The monoisotopic (exact) mass is 474 g/mol. The maximum atomic E-state index is 6.55. The standard InChI is InChI=1S/C31H23ClN2O/c1-35-23-12-13-27-25(18-23)26-16-21-15-22(32)11-14-28(21)34-29(19-7-3-2-4-8-19)17-20-9-5-6-10-24(20)31(34)30(26)33-27/h2-15,17-18,31,33H,16H2,1H3. The highest BCUT2D eigenvalue weighted by molar-refractivity contribution is 6.30. The molecular weight excluding hydrogens is 452 g/mol. The summed E-state index contributed by atoms with van der Waals surface area (Å²) in [5.74, 6) is 0.862. The zero-order chi connectivity index (χ0) is 23.5. The van der Waals surface area contributed by atoms with E-state index in [4.69, 9.17) is 16.3 Å². The fourth-order valence-corrected chi connectivity index (χ4v) is 5.89. The van der Waals surface area contributed by atoms with Crippen LogP contribution in [0.5, 0.6) is 5.75 Å². The van der Waals surface area contributed by atoms with Crippen molar-refractivity contribution in [3.05, 3.63) is 130 Å². The van der Waals surface area contributed by atoms with Crippen LogP contribution >= 0.6 is 11.6 Å². The van der Waals surface area contributed by atoms with Crippen molar-refractivity contribution < 1.29 is 4.74 Å². The summed E-state index contributed by atoms with van der Waals surface area (Å²) < 4.78 is 5.59. The third-order valence-electron chi connectivity index (χ3n) is 7.26. The molecule has 4 aromatic carbocycles. The minimum absolute atomic E-state index is 0.00206. The van der Waals surface area contributed by atoms with Crippen LogP contribution in [0.4, 0.5) is 5.69 Å². The highest BCUT2D eigenvalue weighted by Crippen LogP contribution is 2.50. The first kappa shape index (κ1) is 20.4. The van der Waals surface area contributed by atoms with E-state index in [0.717, 1.165) is 22.7 Å². The third kappa shape index (κ3) is 3.12. The van der Waals surface area contributed by atoms with Crippen LogP contribution in [-0.2, 0) is 6.42 Å². The molecule has 170 valence electrons. The lowest BCUT2D eigenvalue weighted by atomic mass is 9.89. The Balaban J connectivity index is 1.59. The molecule has 0 spiro atoms. The normalized spacial score (nSPS) is 16.0. The topological polar surface area (TPSA) is 28.3 Å². The van der Waals surface area contributed by atoms with E-state index < -0.39 is 0 Å². The number of methoxy groups -OCH3 is 1. The van der Waals surface area contributed by atoms with Crippen molar-refractivity contribution in [2.45, 2.75) is 12.5 Å². The number of hydrogen-bond donors (Lipinski definition) is 1. The fraction of sp³-hybridized carbons (Fsp3) is 0.0968. The van der Waals surface area contributed by atoms with Crippen molar-refractivity contribution in [2.24, 2.45) is 0 Å². The van der Waals surface area contributed by atoms with Crippen molar-refractivity contribution in [1.29, 1.82) is 0 Å². The number of fused-ring (bicyclic) bond motifs is 9. The first-order valence-electron chi connectivity index (χ1n) is 11.8. The first-order valence-corrected chi connectivity index (χ1v) is 12.2. The average molecular weight is 475 g/mol. The number of anilines is 1. The second kappa shape index (κ2) is 7.79. The second-order valence-electron chi connectivity index (χ2n) is 9.18. The number of ether oxygens (including phenoxy) is 1. The summed E-state index contributed by atoms with van der Waals surface area (Å²) in [5.41, 5.74) is 10.9. The zero-order valence-corrected chi connectivity index (χ0v) is 20.0. The lowest BCUT2D eigenvalue weighted by Gasteiger charge is -2.39. The molecule has 0 radical (unpaired) electrons. The minimum Gasteiger partial charge on any atom is -0.497 e. The molecule has 0 fully saturated rings. The number of aromatic nitrogens is 1. The molecule has 0 aliphatic carbocycles. The summed E-state index contributed by atoms with van der Waals surface area (Å²) in [6.07, 6.45) is 3.10. The van der Waals surface area contributed by atoms with Crippen molar-refractivity contribution in [1.82, 2.24) is 4.98 Å². The van der Waals surface area contributed by atoms with Crippen LogP contribution in [0.2, 0.25) is 5.02 Å². The van der Waals surface area contributed by atoms with Crippen LogP contribution in [0.15, 0.2) is 91.0 Å². The molecule has 0 saturated carbocycles. The first-order chi connectivity index (χ1) is 17.2. The molecule has 1 N–H and O–H groups in total. The van der Waals surface area contributed by atoms with Crippen molar-refractivity contribution in [3.8, 4) is 5.75 Å². The van der Waals surface area contributed by atoms with Crippen molar-refractivity contribution in [2.75, 3.05) is 12.0 Å². The van der Waals surface area contributed by atoms with Gasteiger partial charge >= 0.3 is 0 Å². The van der Waals surface area contributed by atoms with Gasteiger partial charge in [0.05, 0.1) is 7.11 Å². The van der Waals surface area contributed by atoms with Crippen LogP contribution < -0.4 is 9.64 Å². The Kier molecular flexibility index (Phi) is 4.55. The molecule has 35 heavy (non-hydrogen) atoms. The zero-order valence-electron chi connectivity index (χ0n) is 19.3. The van der Waals surface area contributed by atoms with E-state index in [0.29, 0.717) is 0 Å². The van der Waals surface area contributed by atoms with Gasteiger partial charge in [0.25, 0.3) is 0 Å². The summed E-state index contributed by atoms with van der Waals surface area (Å²) in [6, 6.07) is 32.0. The summed E-state index contributed by atoms with van der Waals surface area (Å²) in [5, 5.41) is 1.95. The molecule has 2 aliphatic rings. The van der Waals surface area contributed by atoms with Gasteiger partial charge in [-0.1, -0.05) is 66.2 Å². The van der Waals surface area contributed by atoms with Gasteiger partial charge in [-0.3, -0.25) is 0 Å². The van der Waals surface area contributed by atoms with Crippen LogP contribution in [0.3, 0.4) is 0 Å². The van der Waals surface area contributed by atoms with Crippen LogP contribution in [0.25, 0.3) is 22.7 Å². The van der Waals surface area contributed by atoms with E-state index >= 15 is 0 Å². The van der Waals surface area contributed by atoms with E-state index in [9.17, 15) is 0 Å². The number of halogens is 1. The minimum atomic E-state index is 0.00206. The second-order valence-corrected chi connectivity index (χ2v) is 9.61. The van der Waals surface area contributed by atoms with Crippen molar-refractivity contribution in [3.63, 3.8) is 0 Å². The third-order valence-corrected chi connectivity index (χ3v) is 7.49. The number of aromatic amines is 1. The Hall–Kier alpha value is -3.95. The maximum Gasteiger partial charge on any atom is 0.119 e. The molecule has 3 nitrogen and oxygen atoms in total. The van der Waals surface area contributed by atoms with E-state index in [-0.39, 0.29) is 6.04 Å². The Morgan fingerprint density at radius 1 is 0.914 bits per heavy atom. The quantitative estimate of drug-likeness (QED) is 0.282. The highest BCUT2D eigenvalue weighted by atomic mass is 35.5. The molecular formula is C31H23ClN2O. The number of benzene rings is 4. The Labute approximate surface area is 209 Å². The smallest absolute Gasteiger partial charge is 0.119 e. The van der Waals surface area contributed by atoms with Gasteiger partial charge in [-0.15, -0.1) is 0 Å². The van der Waals surface area contributed by atoms with Gasteiger partial charge in [-0.2, -0.15) is 0 Å². The van der Waals surface area contributed by atoms with Gasteiger partial charge < -0.3 is 14.6 Å². The SMILES string of the molecule is COc1ccc2[nH]c3c(c2c1)Cc1cc(Cl)ccc1N1C(c2ccccc2)=Cc2ccccc2C31. The average Bonchev–Trinajstić information content (AvgIpc) is 3.18. The molecule has 2 aliphatic heterocycles. The number of nitrogens with zero attached hydrogens (tertiary/aromatic N) is 1. The van der Waals surface area contributed by atoms with Crippen LogP contribution in [0, 0.1) is 0 Å². The molecule has 4 heteroatoms. The fourth-order valence-electron chi connectivity index (χ4n) is 5.69. The Bertz CT molecular complexity index is 1630.